The molecule has 1 aromatic rings. The van der Waals surface area contributed by atoms with Crippen LogP contribution >= 0.6 is 22.6 Å². The fraction of sp³-hybridized carbons (Fsp3) is 0.417. The molecule has 2 heterocycles. The van der Waals surface area contributed by atoms with E-state index in [1.165, 1.54) is 6.20 Å². The van der Waals surface area contributed by atoms with Crippen molar-refractivity contribution in [3.05, 3.63) is 51.5 Å². The fourth-order valence-corrected chi connectivity index (χ4v) is 2.82. The first-order chi connectivity index (χ1) is 9.43. The zero-order valence-corrected chi connectivity index (χ0v) is 12.5. The van der Waals surface area contributed by atoms with Gasteiger partial charge in [0.2, 0.25) is 0 Å². The number of alkyl halides is 1. The first-order valence-electron chi connectivity index (χ1n) is 5.74. The SMILES string of the molecule is C=C=C[C@@]1(O)[C@H](O)[C@@H](CI)O[C@H]1n1ccc(=O)[nH]c1=O. The Morgan fingerprint density at radius 1 is 1.65 bits per heavy atom. The van der Waals surface area contributed by atoms with Crippen molar-refractivity contribution < 1.29 is 14.9 Å². The largest absolute Gasteiger partial charge is 0.387 e. The molecule has 0 amide bonds. The predicted molar refractivity (Wildman–Crippen MR) is 78.8 cm³/mol. The molecule has 0 aromatic carbocycles. The van der Waals surface area contributed by atoms with Gasteiger partial charge in [-0.15, -0.1) is 5.73 Å². The summed E-state index contributed by atoms with van der Waals surface area (Å²) in [5, 5.41) is 20.7. The number of ether oxygens (including phenoxy) is 1. The normalized spacial score (nSPS) is 32.9. The predicted octanol–water partition coefficient (Wildman–Crippen LogP) is -0.698. The van der Waals surface area contributed by atoms with Gasteiger partial charge in [0.15, 0.2) is 11.8 Å². The molecule has 1 aromatic heterocycles. The number of nitrogens with zero attached hydrogens (tertiary/aromatic N) is 1. The Bertz CT molecular complexity index is 662. The van der Waals surface area contributed by atoms with Crippen molar-refractivity contribution in [2.45, 2.75) is 24.0 Å². The van der Waals surface area contributed by atoms with Crippen LogP contribution in [0.25, 0.3) is 0 Å². The summed E-state index contributed by atoms with van der Waals surface area (Å²) in [6.07, 6.45) is -0.704. The lowest BCUT2D eigenvalue weighted by Gasteiger charge is -2.27. The highest BCUT2D eigenvalue weighted by Gasteiger charge is 2.54. The summed E-state index contributed by atoms with van der Waals surface area (Å²) in [6, 6.07) is 1.13. The van der Waals surface area contributed by atoms with Gasteiger partial charge in [-0.05, 0) is 6.08 Å². The maximum absolute atomic E-state index is 11.8. The third-order valence-electron chi connectivity index (χ3n) is 3.11. The molecule has 2 rings (SSSR count). The Labute approximate surface area is 127 Å². The van der Waals surface area contributed by atoms with E-state index in [0.29, 0.717) is 4.43 Å². The van der Waals surface area contributed by atoms with E-state index in [1.54, 1.807) is 0 Å². The molecule has 20 heavy (non-hydrogen) atoms. The van der Waals surface area contributed by atoms with Gasteiger partial charge in [-0.3, -0.25) is 14.3 Å². The summed E-state index contributed by atoms with van der Waals surface area (Å²) in [5.41, 5.74) is -0.740. The summed E-state index contributed by atoms with van der Waals surface area (Å²) >= 11 is 2.00. The van der Waals surface area contributed by atoms with Gasteiger partial charge in [-0.25, -0.2) is 4.79 Å². The maximum Gasteiger partial charge on any atom is 0.330 e. The lowest BCUT2D eigenvalue weighted by molar-refractivity contribution is -0.0772. The third-order valence-corrected chi connectivity index (χ3v) is 3.98. The van der Waals surface area contributed by atoms with E-state index in [0.717, 1.165) is 16.7 Å². The van der Waals surface area contributed by atoms with Crippen LogP contribution in [-0.4, -0.2) is 42.0 Å². The molecule has 8 heteroatoms. The molecule has 0 unspecified atom stereocenters. The summed E-state index contributed by atoms with van der Waals surface area (Å²) in [6.45, 7) is 3.37. The fourth-order valence-electron chi connectivity index (χ4n) is 2.13. The Hall–Kier alpha value is -1.19. The second kappa shape index (κ2) is 5.66. The zero-order chi connectivity index (χ0) is 14.9. The minimum absolute atomic E-state index is 0.417. The molecule has 1 aliphatic rings. The van der Waals surface area contributed by atoms with E-state index in [4.69, 9.17) is 4.74 Å². The molecule has 0 spiro atoms. The highest BCUT2D eigenvalue weighted by molar-refractivity contribution is 14.1. The molecule has 0 bridgehead atoms. The van der Waals surface area contributed by atoms with Crippen LogP contribution in [0.3, 0.4) is 0 Å². The van der Waals surface area contributed by atoms with Gasteiger partial charge in [-0.1, -0.05) is 29.2 Å². The first-order valence-corrected chi connectivity index (χ1v) is 7.27. The number of H-pyrrole nitrogens is 1. The number of hydrogen-bond acceptors (Lipinski definition) is 5. The van der Waals surface area contributed by atoms with E-state index in [9.17, 15) is 19.8 Å². The highest BCUT2D eigenvalue weighted by Crippen LogP contribution is 2.39. The van der Waals surface area contributed by atoms with Gasteiger partial charge in [-0.2, -0.15) is 0 Å². The number of aromatic nitrogens is 2. The summed E-state index contributed by atoms with van der Waals surface area (Å²) in [4.78, 5) is 25.0. The van der Waals surface area contributed by atoms with Gasteiger partial charge in [0.25, 0.3) is 5.56 Å². The topological polar surface area (TPSA) is 105 Å². The Balaban J connectivity index is 2.56. The smallest absolute Gasteiger partial charge is 0.330 e. The summed E-state index contributed by atoms with van der Waals surface area (Å²) in [5.74, 6) is 0. The van der Waals surface area contributed by atoms with Crippen LogP contribution in [0, 0.1) is 0 Å². The van der Waals surface area contributed by atoms with Crippen LogP contribution in [0.4, 0.5) is 0 Å². The van der Waals surface area contributed by atoms with Crippen molar-refractivity contribution >= 4 is 22.6 Å². The number of halogens is 1. The molecular formula is C12H13IN2O5. The van der Waals surface area contributed by atoms with Gasteiger partial charge in [0, 0.05) is 16.7 Å². The van der Waals surface area contributed by atoms with Crippen molar-refractivity contribution in [2.24, 2.45) is 0 Å². The van der Waals surface area contributed by atoms with E-state index in [2.05, 4.69) is 17.3 Å². The van der Waals surface area contributed by atoms with Crippen LogP contribution in [-0.2, 0) is 4.74 Å². The van der Waals surface area contributed by atoms with Gasteiger partial charge >= 0.3 is 5.69 Å². The first kappa shape index (κ1) is 15.2. The highest BCUT2D eigenvalue weighted by atomic mass is 127. The number of nitrogens with one attached hydrogen (secondary N) is 1. The van der Waals surface area contributed by atoms with Crippen LogP contribution in [0.2, 0.25) is 0 Å². The summed E-state index contributed by atoms with van der Waals surface area (Å²) in [7, 11) is 0. The molecule has 1 fully saturated rings. The molecule has 3 N–H and O–H groups in total. The number of rotatable bonds is 3. The van der Waals surface area contributed by atoms with E-state index in [-0.39, 0.29) is 0 Å². The average Bonchev–Trinajstić information content (AvgIpc) is 2.63. The van der Waals surface area contributed by atoms with Crippen LogP contribution in [0.15, 0.2) is 40.2 Å². The molecule has 0 radical (unpaired) electrons. The monoisotopic (exact) mass is 392 g/mol. The Kier molecular flexibility index (Phi) is 4.31. The van der Waals surface area contributed by atoms with Crippen molar-refractivity contribution in [2.75, 3.05) is 4.43 Å². The standard InChI is InChI=1S/C12H13IN2O5/c1-2-4-12(19)9(17)7(6-13)20-10(12)15-5-3-8(16)14-11(15)18/h3-5,7,9-10,17,19H,1,6H2,(H,14,16,18)/t7-,9-,10-,12-/m1/s1. The van der Waals surface area contributed by atoms with Crippen molar-refractivity contribution in [3.63, 3.8) is 0 Å². The zero-order valence-electron chi connectivity index (χ0n) is 10.3. The summed E-state index contributed by atoms with van der Waals surface area (Å²) < 4.78 is 6.97. The average molecular weight is 392 g/mol. The van der Waals surface area contributed by atoms with Gasteiger partial charge < -0.3 is 14.9 Å². The molecular weight excluding hydrogens is 379 g/mol. The van der Waals surface area contributed by atoms with Gasteiger partial charge in [0.1, 0.15) is 6.10 Å². The second-order valence-electron chi connectivity index (χ2n) is 4.38. The van der Waals surface area contributed by atoms with Gasteiger partial charge in [0.05, 0.1) is 6.10 Å². The Morgan fingerprint density at radius 2 is 2.35 bits per heavy atom. The number of aliphatic hydroxyl groups is 2. The third kappa shape index (κ3) is 2.40. The molecule has 0 aliphatic carbocycles. The molecule has 108 valence electrons. The van der Waals surface area contributed by atoms with E-state index in [1.807, 2.05) is 22.6 Å². The quantitative estimate of drug-likeness (QED) is 0.359. The minimum Gasteiger partial charge on any atom is -0.387 e. The maximum atomic E-state index is 11.8. The minimum atomic E-state index is -1.85. The molecule has 1 saturated heterocycles. The molecule has 0 saturated carbocycles. The van der Waals surface area contributed by atoms with Crippen LogP contribution in [0.5, 0.6) is 0 Å². The lowest BCUT2D eigenvalue weighted by atomic mass is 9.94. The van der Waals surface area contributed by atoms with Crippen LogP contribution in [0.1, 0.15) is 6.23 Å². The molecule has 1 aliphatic heterocycles. The van der Waals surface area contributed by atoms with Crippen molar-refractivity contribution in [1.82, 2.24) is 9.55 Å². The lowest BCUT2D eigenvalue weighted by Crippen LogP contribution is -2.47. The van der Waals surface area contributed by atoms with E-state index >= 15 is 0 Å². The molecule has 7 nitrogen and oxygen atoms in total. The number of hydrogen-bond donors (Lipinski definition) is 3. The Morgan fingerprint density at radius 3 is 2.90 bits per heavy atom. The number of aliphatic hydroxyl groups excluding tert-OH is 1. The van der Waals surface area contributed by atoms with Crippen LogP contribution < -0.4 is 11.2 Å². The molecule has 4 atom stereocenters. The van der Waals surface area contributed by atoms with Crippen molar-refractivity contribution in [3.8, 4) is 0 Å². The second-order valence-corrected chi connectivity index (χ2v) is 5.26. The van der Waals surface area contributed by atoms with E-state index < -0.39 is 35.3 Å². The van der Waals surface area contributed by atoms with Crippen molar-refractivity contribution in [1.29, 1.82) is 0 Å². The number of aromatic amines is 1.